The summed E-state index contributed by atoms with van der Waals surface area (Å²) in [7, 11) is 0. The molecule has 1 aliphatic rings. The third-order valence-electron chi connectivity index (χ3n) is 3.44. The predicted molar refractivity (Wildman–Crippen MR) is 82.7 cm³/mol. The second kappa shape index (κ2) is 8.46. The van der Waals surface area contributed by atoms with Gasteiger partial charge in [-0.2, -0.15) is 0 Å². The Balaban J connectivity index is 1.76. The summed E-state index contributed by atoms with van der Waals surface area (Å²) in [5.41, 5.74) is 1.59. The van der Waals surface area contributed by atoms with Crippen molar-refractivity contribution in [2.45, 2.75) is 45.6 Å². The largest absolute Gasteiger partial charge is 0.467 e. The second-order valence-electron chi connectivity index (χ2n) is 5.06. The normalized spacial score (nSPS) is 15.8. The molecule has 1 aromatic rings. The summed E-state index contributed by atoms with van der Waals surface area (Å²) in [6.07, 6.45) is 10.4. The lowest BCUT2D eigenvalue weighted by molar-refractivity contribution is 0.512. The van der Waals surface area contributed by atoms with Crippen molar-refractivity contribution in [1.82, 2.24) is 10.6 Å². The molecule has 4 heteroatoms. The SMILES string of the molecule is CCNC(=NCc1ccco1)NCCC1=CCCCC1. The Kier molecular flexibility index (Phi) is 6.21. The first-order chi connectivity index (χ1) is 9.88. The fourth-order valence-electron chi connectivity index (χ4n) is 2.37. The van der Waals surface area contributed by atoms with Gasteiger partial charge in [0.25, 0.3) is 0 Å². The van der Waals surface area contributed by atoms with E-state index in [0.717, 1.165) is 31.2 Å². The zero-order chi connectivity index (χ0) is 14.0. The Morgan fingerprint density at radius 3 is 3.00 bits per heavy atom. The van der Waals surface area contributed by atoms with E-state index >= 15 is 0 Å². The zero-order valence-electron chi connectivity index (χ0n) is 12.3. The highest BCUT2D eigenvalue weighted by molar-refractivity contribution is 5.79. The Hall–Kier alpha value is -1.71. The molecule has 1 heterocycles. The number of furan rings is 1. The minimum Gasteiger partial charge on any atom is -0.467 e. The van der Waals surface area contributed by atoms with Crippen LogP contribution in [0.2, 0.25) is 0 Å². The maximum absolute atomic E-state index is 5.29. The van der Waals surface area contributed by atoms with Crippen LogP contribution < -0.4 is 10.6 Å². The minimum absolute atomic E-state index is 0.574. The van der Waals surface area contributed by atoms with Gasteiger partial charge in [0.05, 0.1) is 6.26 Å². The summed E-state index contributed by atoms with van der Waals surface area (Å²) in [6, 6.07) is 3.83. The van der Waals surface area contributed by atoms with Gasteiger partial charge in [-0.25, -0.2) is 4.99 Å². The first kappa shape index (κ1) is 14.7. The first-order valence-electron chi connectivity index (χ1n) is 7.61. The standard InChI is InChI=1S/C16H25N3O/c1-2-17-16(19-13-15-9-6-12-20-15)18-11-10-14-7-4-3-5-8-14/h6-7,9,12H,2-5,8,10-11,13H2,1H3,(H2,17,18,19). The van der Waals surface area contributed by atoms with Crippen molar-refractivity contribution in [2.75, 3.05) is 13.1 Å². The quantitative estimate of drug-likeness (QED) is 0.476. The number of aliphatic imine (C=N–C) groups is 1. The summed E-state index contributed by atoms with van der Waals surface area (Å²) in [4.78, 5) is 4.52. The van der Waals surface area contributed by atoms with Crippen molar-refractivity contribution in [3.63, 3.8) is 0 Å². The highest BCUT2D eigenvalue weighted by atomic mass is 16.3. The maximum atomic E-state index is 5.29. The van der Waals surface area contributed by atoms with Gasteiger partial charge in [0.15, 0.2) is 5.96 Å². The fourth-order valence-corrected chi connectivity index (χ4v) is 2.37. The summed E-state index contributed by atoms with van der Waals surface area (Å²) in [5.74, 6) is 1.75. The van der Waals surface area contributed by atoms with Crippen molar-refractivity contribution in [1.29, 1.82) is 0 Å². The van der Waals surface area contributed by atoms with Crippen LogP contribution in [0, 0.1) is 0 Å². The lowest BCUT2D eigenvalue weighted by Gasteiger charge is -2.14. The van der Waals surface area contributed by atoms with E-state index in [-0.39, 0.29) is 0 Å². The van der Waals surface area contributed by atoms with E-state index in [4.69, 9.17) is 4.42 Å². The lowest BCUT2D eigenvalue weighted by Crippen LogP contribution is -2.37. The average Bonchev–Trinajstić information content (AvgIpc) is 2.99. The molecule has 0 atom stereocenters. The molecule has 20 heavy (non-hydrogen) atoms. The smallest absolute Gasteiger partial charge is 0.191 e. The molecular formula is C16H25N3O. The van der Waals surface area contributed by atoms with E-state index in [1.165, 1.54) is 25.7 Å². The van der Waals surface area contributed by atoms with Crippen LogP contribution in [0.3, 0.4) is 0 Å². The van der Waals surface area contributed by atoms with Gasteiger partial charge in [0.2, 0.25) is 0 Å². The van der Waals surface area contributed by atoms with Crippen LogP contribution in [-0.4, -0.2) is 19.0 Å². The highest BCUT2D eigenvalue weighted by Gasteiger charge is 2.04. The molecule has 0 saturated carbocycles. The molecular weight excluding hydrogens is 250 g/mol. The van der Waals surface area contributed by atoms with E-state index in [9.17, 15) is 0 Å². The predicted octanol–water partition coefficient (Wildman–Crippen LogP) is 3.23. The number of rotatable bonds is 6. The molecule has 1 aromatic heterocycles. The lowest BCUT2D eigenvalue weighted by atomic mass is 9.97. The molecule has 0 fully saturated rings. The third-order valence-corrected chi connectivity index (χ3v) is 3.44. The van der Waals surface area contributed by atoms with Crippen LogP contribution >= 0.6 is 0 Å². The van der Waals surface area contributed by atoms with E-state index in [1.54, 1.807) is 11.8 Å². The van der Waals surface area contributed by atoms with Crippen LogP contribution in [0.15, 0.2) is 39.5 Å². The molecule has 110 valence electrons. The monoisotopic (exact) mass is 275 g/mol. The van der Waals surface area contributed by atoms with Crippen LogP contribution in [-0.2, 0) is 6.54 Å². The molecule has 0 radical (unpaired) electrons. The van der Waals surface area contributed by atoms with Gasteiger partial charge in [-0.3, -0.25) is 0 Å². The first-order valence-corrected chi connectivity index (χ1v) is 7.61. The van der Waals surface area contributed by atoms with E-state index in [1.807, 2.05) is 12.1 Å². The third kappa shape index (κ3) is 5.11. The van der Waals surface area contributed by atoms with E-state index < -0.39 is 0 Å². The molecule has 0 amide bonds. The molecule has 2 rings (SSSR count). The summed E-state index contributed by atoms with van der Waals surface area (Å²) >= 11 is 0. The Morgan fingerprint density at radius 2 is 2.30 bits per heavy atom. The molecule has 4 nitrogen and oxygen atoms in total. The molecule has 2 N–H and O–H groups in total. The van der Waals surface area contributed by atoms with Crippen molar-refractivity contribution < 1.29 is 4.42 Å². The Morgan fingerprint density at radius 1 is 1.35 bits per heavy atom. The van der Waals surface area contributed by atoms with Gasteiger partial charge in [-0.05, 0) is 51.2 Å². The molecule has 0 spiro atoms. The molecule has 0 aromatic carbocycles. The summed E-state index contributed by atoms with van der Waals surface area (Å²) in [6.45, 7) is 4.46. The van der Waals surface area contributed by atoms with E-state index in [2.05, 4.69) is 28.6 Å². The second-order valence-corrected chi connectivity index (χ2v) is 5.06. The maximum Gasteiger partial charge on any atom is 0.191 e. The number of guanidine groups is 1. The van der Waals surface area contributed by atoms with Crippen molar-refractivity contribution in [3.05, 3.63) is 35.8 Å². The van der Waals surface area contributed by atoms with Gasteiger partial charge in [-0.15, -0.1) is 0 Å². The summed E-state index contributed by atoms with van der Waals surface area (Å²) < 4.78 is 5.29. The number of nitrogens with zero attached hydrogens (tertiary/aromatic N) is 1. The van der Waals surface area contributed by atoms with Crippen molar-refractivity contribution >= 4 is 5.96 Å². The van der Waals surface area contributed by atoms with Gasteiger partial charge < -0.3 is 15.1 Å². The Bertz CT molecular complexity index is 435. The van der Waals surface area contributed by atoms with Gasteiger partial charge in [-0.1, -0.05) is 11.6 Å². The van der Waals surface area contributed by atoms with Gasteiger partial charge >= 0.3 is 0 Å². The number of nitrogens with one attached hydrogen (secondary N) is 2. The highest BCUT2D eigenvalue weighted by Crippen LogP contribution is 2.19. The Labute approximate surface area is 121 Å². The van der Waals surface area contributed by atoms with Gasteiger partial charge in [0, 0.05) is 13.1 Å². The molecule has 0 aliphatic heterocycles. The van der Waals surface area contributed by atoms with Crippen molar-refractivity contribution in [2.24, 2.45) is 4.99 Å². The number of allylic oxidation sites excluding steroid dienone is 1. The van der Waals surface area contributed by atoms with E-state index in [0.29, 0.717) is 6.54 Å². The van der Waals surface area contributed by atoms with Crippen LogP contribution in [0.25, 0.3) is 0 Å². The molecule has 1 aliphatic carbocycles. The zero-order valence-corrected chi connectivity index (χ0v) is 12.3. The average molecular weight is 275 g/mol. The van der Waals surface area contributed by atoms with Crippen LogP contribution in [0.4, 0.5) is 0 Å². The fraction of sp³-hybridized carbons (Fsp3) is 0.562. The van der Waals surface area contributed by atoms with Crippen LogP contribution in [0.5, 0.6) is 0 Å². The topological polar surface area (TPSA) is 49.6 Å². The van der Waals surface area contributed by atoms with Crippen LogP contribution in [0.1, 0.15) is 44.8 Å². The minimum atomic E-state index is 0.574. The van der Waals surface area contributed by atoms with Crippen molar-refractivity contribution in [3.8, 4) is 0 Å². The van der Waals surface area contributed by atoms with Gasteiger partial charge in [0.1, 0.15) is 12.3 Å². The molecule has 0 bridgehead atoms. The molecule has 0 unspecified atom stereocenters. The molecule has 0 saturated heterocycles. The number of hydrogen-bond acceptors (Lipinski definition) is 2. The summed E-state index contributed by atoms with van der Waals surface area (Å²) in [5, 5.41) is 6.65. The number of hydrogen-bond donors (Lipinski definition) is 2.